The average molecular weight is 409 g/mol. The molecule has 1 N–H and O–H groups in total. The Morgan fingerprint density at radius 2 is 1.90 bits per heavy atom. The molecule has 1 aromatic heterocycles. The monoisotopic (exact) mass is 408 g/mol. The zero-order valence-electron chi connectivity index (χ0n) is 17.0. The number of hydrogen-bond acceptors (Lipinski definition) is 3. The third-order valence-corrected chi connectivity index (χ3v) is 4.99. The van der Waals surface area contributed by atoms with E-state index < -0.39 is 0 Å². The van der Waals surface area contributed by atoms with Gasteiger partial charge < -0.3 is 9.84 Å². The van der Waals surface area contributed by atoms with Gasteiger partial charge in [-0.2, -0.15) is 0 Å². The first-order valence-corrected chi connectivity index (χ1v) is 10.1. The van der Waals surface area contributed by atoms with Crippen molar-refractivity contribution < 1.29 is 9.32 Å². The Morgan fingerprint density at radius 1 is 1.14 bits per heavy atom. The standard InChI is InChI=1S/C24H25ClN2O2/c1-4-5-18(21-14-20(25)11-8-17(21)3)12-13-26-24(28)22-15-23(29-27-22)19-9-6-16(2)7-10-19/h5-11,14-15H,4,12-13H2,1-3H3,(H,26,28)/b18-5-. The zero-order chi connectivity index (χ0) is 20.8. The van der Waals surface area contributed by atoms with Gasteiger partial charge in [0.1, 0.15) is 0 Å². The molecule has 0 aliphatic rings. The fraction of sp³-hybridized carbons (Fsp3) is 0.250. The molecule has 4 nitrogen and oxygen atoms in total. The largest absolute Gasteiger partial charge is 0.355 e. The van der Waals surface area contributed by atoms with Crippen LogP contribution in [-0.4, -0.2) is 17.6 Å². The van der Waals surface area contributed by atoms with Crippen LogP contribution in [0.4, 0.5) is 0 Å². The maximum Gasteiger partial charge on any atom is 0.273 e. The summed E-state index contributed by atoms with van der Waals surface area (Å²) < 4.78 is 5.34. The normalized spacial score (nSPS) is 11.5. The van der Waals surface area contributed by atoms with Crippen LogP contribution in [0.2, 0.25) is 5.02 Å². The van der Waals surface area contributed by atoms with Gasteiger partial charge in [0, 0.05) is 23.2 Å². The van der Waals surface area contributed by atoms with E-state index in [2.05, 4.69) is 30.4 Å². The molecule has 3 rings (SSSR count). The highest BCUT2D eigenvalue weighted by atomic mass is 35.5. The summed E-state index contributed by atoms with van der Waals surface area (Å²) in [4.78, 5) is 12.5. The van der Waals surface area contributed by atoms with Crippen LogP contribution in [0, 0.1) is 13.8 Å². The lowest BCUT2D eigenvalue weighted by atomic mass is 9.97. The number of carbonyl (C=O) groups is 1. The molecule has 0 atom stereocenters. The number of allylic oxidation sites excluding steroid dienone is 1. The fourth-order valence-corrected chi connectivity index (χ4v) is 3.34. The molecular formula is C24H25ClN2O2. The molecule has 0 saturated carbocycles. The minimum atomic E-state index is -0.245. The number of aryl methyl sites for hydroxylation is 2. The first kappa shape index (κ1) is 20.9. The molecule has 5 heteroatoms. The van der Waals surface area contributed by atoms with E-state index in [4.69, 9.17) is 16.1 Å². The molecule has 0 aliphatic heterocycles. The minimum Gasteiger partial charge on any atom is -0.355 e. The summed E-state index contributed by atoms with van der Waals surface area (Å²) in [5.41, 5.74) is 5.80. The minimum absolute atomic E-state index is 0.245. The van der Waals surface area contributed by atoms with Gasteiger partial charge in [-0.3, -0.25) is 4.79 Å². The van der Waals surface area contributed by atoms with Crippen molar-refractivity contribution in [3.05, 3.63) is 82.0 Å². The number of benzene rings is 2. The second-order valence-corrected chi connectivity index (χ2v) is 7.48. The van der Waals surface area contributed by atoms with E-state index in [9.17, 15) is 4.79 Å². The molecule has 0 saturated heterocycles. The summed E-state index contributed by atoms with van der Waals surface area (Å²) >= 11 is 6.17. The maximum absolute atomic E-state index is 12.5. The maximum atomic E-state index is 12.5. The number of carbonyl (C=O) groups excluding carboxylic acids is 1. The summed E-state index contributed by atoms with van der Waals surface area (Å²) in [5.74, 6) is 0.335. The van der Waals surface area contributed by atoms with Crippen LogP contribution in [-0.2, 0) is 0 Å². The summed E-state index contributed by atoms with van der Waals surface area (Å²) in [6, 6.07) is 15.5. The Hall–Kier alpha value is -2.85. The van der Waals surface area contributed by atoms with E-state index in [0.717, 1.165) is 23.1 Å². The summed E-state index contributed by atoms with van der Waals surface area (Å²) in [7, 11) is 0. The topological polar surface area (TPSA) is 55.1 Å². The quantitative estimate of drug-likeness (QED) is 0.504. The molecule has 29 heavy (non-hydrogen) atoms. The van der Waals surface area contributed by atoms with Gasteiger partial charge in [0.25, 0.3) is 5.91 Å². The molecule has 0 spiro atoms. The first-order chi connectivity index (χ1) is 14.0. The lowest BCUT2D eigenvalue weighted by Gasteiger charge is -2.12. The molecule has 0 fully saturated rings. The average Bonchev–Trinajstić information content (AvgIpc) is 3.20. The van der Waals surface area contributed by atoms with Crippen molar-refractivity contribution in [1.29, 1.82) is 0 Å². The highest BCUT2D eigenvalue weighted by molar-refractivity contribution is 6.30. The third kappa shape index (κ3) is 5.36. The highest BCUT2D eigenvalue weighted by Gasteiger charge is 2.14. The number of halogens is 1. The van der Waals surface area contributed by atoms with E-state index in [-0.39, 0.29) is 11.6 Å². The molecule has 1 heterocycles. The Morgan fingerprint density at radius 3 is 2.62 bits per heavy atom. The molecule has 3 aromatic rings. The van der Waals surface area contributed by atoms with E-state index in [1.807, 2.05) is 49.4 Å². The Kier molecular flexibility index (Phi) is 6.89. The van der Waals surface area contributed by atoms with Crippen molar-refractivity contribution in [2.24, 2.45) is 0 Å². The Balaban J connectivity index is 1.63. The molecule has 1 amide bonds. The Labute approximate surface area is 176 Å². The van der Waals surface area contributed by atoms with Crippen LogP contribution in [0.15, 0.2) is 59.1 Å². The van der Waals surface area contributed by atoms with Gasteiger partial charge in [-0.25, -0.2) is 0 Å². The molecule has 0 bridgehead atoms. The Bertz CT molecular complexity index is 1020. The predicted molar refractivity (Wildman–Crippen MR) is 118 cm³/mol. The molecule has 0 radical (unpaired) electrons. The smallest absolute Gasteiger partial charge is 0.273 e. The van der Waals surface area contributed by atoms with Crippen LogP contribution in [0.5, 0.6) is 0 Å². The second-order valence-electron chi connectivity index (χ2n) is 7.05. The highest BCUT2D eigenvalue weighted by Crippen LogP contribution is 2.26. The van der Waals surface area contributed by atoms with Crippen LogP contribution >= 0.6 is 11.6 Å². The van der Waals surface area contributed by atoms with Crippen LogP contribution in [0.25, 0.3) is 16.9 Å². The summed E-state index contributed by atoms with van der Waals surface area (Å²) in [6.07, 6.45) is 3.80. The number of amides is 1. The van der Waals surface area contributed by atoms with Gasteiger partial charge in [0.05, 0.1) is 0 Å². The van der Waals surface area contributed by atoms with Gasteiger partial charge >= 0.3 is 0 Å². The van der Waals surface area contributed by atoms with E-state index in [1.54, 1.807) is 6.07 Å². The number of nitrogens with zero attached hydrogens (tertiary/aromatic N) is 1. The number of nitrogens with one attached hydrogen (secondary N) is 1. The van der Waals surface area contributed by atoms with Crippen molar-refractivity contribution in [3.8, 4) is 11.3 Å². The lowest BCUT2D eigenvalue weighted by molar-refractivity contribution is 0.0945. The zero-order valence-corrected chi connectivity index (χ0v) is 17.7. The van der Waals surface area contributed by atoms with Crippen molar-refractivity contribution >= 4 is 23.1 Å². The molecule has 0 aliphatic carbocycles. The van der Waals surface area contributed by atoms with Crippen molar-refractivity contribution in [3.63, 3.8) is 0 Å². The van der Waals surface area contributed by atoms with E-state index in [1.165, 1.54) is 11.1 Å². The van der Waals surface area contributed by atoms with Gasteiger partial charge in [-0.15, -0.1) is 0 Å². The lowest BCUT2D eigenvalue weighted by Crippen LogP contribution is -2.24. The molecular weight excluding hydrogens is 384 g/mol. The van der Waals surface area contributed by atoms with Gasteiger partial charge in [0.15, 0.2) is 11.5 Å². The van der Waals surface area contributed by atoms with Gasteiger partial charge in [0.2, 0.25) is 0 Å². The van der Waals surface area contributed by atoms with Crippen LogP contribution in [0.1, 0.15) is 46.9 Å². The van der Waals surface area contributed by atoms with Crippen LogP contribution < -0.4 is 5.32 Å². The summed E-state index contributed by atoms with van der Waals surface area (Å²) in [6.45, 7) is 6.69. The second kappa shape index (κ2) is 9.57. The van der Waals surface area contributed by atoms with E-state index in [0.29, 0.717) is 23.7 Å². The first-order valence-electron chi connectivity index (χ1n) is 9.75. The fourth-order valence-electron chi connectivity index (χ4n) is 3.17. The predicted octanol–water partition coefficient (Wildman–Crippen LogP) is 6.23. The van der Waals surface area contributed by atoms with Gasteiger partial charge in [-0.05, 0) is 55.5 Å². The van der Waals surface area contributed by atoms with Crippen molar-refractivity contribution in [1.82, 2.24) is 10.5 Å². The SMILES string of the molecule is CC/C=C(/CCNC(=O)c1cc(-c2ccc(C)cc2)on1)c1cc(Cl)ccc1C. The molecule has 150 valence electrons. The molecule has 0 unspecified atom stereocenters. The number of rotatable bonds is 7. The van der Waals surface area contributed by atoms with Crippen molar-refractivity contribution in [2.45, 2.75) is 33.6 Å². The van der Waals surface area contributed by atoms with Crippen molar-refractivity contribution in [2.75, 3.05) is 6.54 Å². The third-order valence-electron chi connectivity index (χ3n) is 4.75. The number of hydrogen-bond donors (Lipinski definition) is 1. The van der Waals surface area contributed by atoms with Gasteiger partial charge in [-0.1, -0.05) is 65.7 Å². The van der Waals surface area contributed by atoms with E-state index >= 15 is 0 Å². The van der Waals surface area contributed by atoms with Crippen LogP contribution in [0.3, 0.4) is 0 Å². The molecule has 2 aromatic carbocycles. The number of aromatic nitrogens is 1. The summed E-state index contributed by atoms with van der Waals surface area (Å²) in [5, 5.41) is 7.56.